The minimum Gasteiger partial charge on any atom is -0.322 e. The summed E-state index contributed by atoms with van der Waals surface area (Å²) in [6.07, 6.45) is 0. The van der Waals surface area contributed by atoms with E-state index in [2.05, 4.69) is 53.6 Å². The molecule has 0 radical (unpaired) electrons. The fraction of sp³-hybridized carbons (Fsp3) is 0.533. The summed E-state index contributed by atoms with van der Waals surface area (Å²) in [5.41, 5.74) is 0.969. The maximum absolute atomic E-state index is 12.3. The molecule has 0 atom stereocenters. The van der Waals surface area contributed by atoms with E-state index in [9.17, 15) is 4.79 Å². The molecule has 0 aromatic heterocycles. The van der Waals surface area contributed by atoms with E-state index in [1.165, 1.54) is 0 Å². The first-order chi connectivity index (χ1) is 9.77. The molecular formula is C15H21ClIN3O. The summed E-state index contributed by atoms with van der Waals surface area (Å²) in [6.45, 7) is 9.96. The monoisotopic (exact) mass is 421 g/mol. The summed E-state index contributed by atoms with van der Waals surface area (Å²) in [5, 5.41) is 3.64. The minimum atomic E-state index is -0.0382. The second-order valence-electron chi connectivity index (χ2n) is 6.20. The summed E-state index contributed by atoms with van der Waals surface area (Å²) in [6, 6.07) is 5.43. The normalized spacial score (nSPS) is 16.9. The van der Waals surface area contributed by atoms with Gasteiger partial charge in [-0.05, 0) is 61.6 Å². The molecule has 1 heterocycles. The van der Waals surface area contributed by atoms with Gasteiger partial charge in [0.2, 0.25) is 0 Å². The number of piperazine rings is 1. The van der Waals surface area contributed by atoms with Gasteiger partial charge in [-0.2, -0.15) is 0 Å². The van der Waals surface area contributed by atoms with Crippen molar-refractivity contribution in [2.75, 3.05) is 31.5 Å². The lowest BCUT2D eigenvalue weighted by atomic mass is 10.1. The van der Waals surface area contributed by atoms with Crippen LogP contribution in [0.3, 0.4) is 0 Å². The van der Waals surface area contributed by atoms with Gasteiger partial charge in [0.25, 0.3) is 0 Å². The van der Waals surface area contributed by atoms with Crippen molar-refractivity contribution in [1.82, 2.24) is 9.80 Å². The summed E-state index contributed by atoms with van der Waals surface area (Å²) in [4.78, 5) is 16.6. The van der Waals surface area contributed by atoms with Gasteiger partial charge in [0.1, 0.15) is 0 Å². The number of nitrogens with one attached hydrogen (secondary N) is 1. The van der Waals surface area contributed by atoms with Crippen molar-refractivity contribution in [1.29, 1.82) is 0 Å². The van der Waals surface area contributed by atoms with E-state index in [1.54, 1.807) is 6.07 Å². The van der Waals surface area contributed by atoms with Crippen LogP contribution in [0.5, 0.6) is 0 Å². The Morgan fingerprint density at radius 3 is 2.38 bits per heavy atom. The van der Waals surface area contributed by atoms with Crippen molar-refractivity contribution < 1.29 is 4.79 Å². The zero-order valence-electron chi connectivity index (χ0n) is 12.6. The Bertz CT molecular complexity index is 522. The molecule has 2 rings (SSSR count). The molecule has 0 aliphatic carbocycles. The van der Waals surface area contributed by atoms with Crippen molar-refractivity contribution in [3.63, 3.8) is 0 Å². The Hall–Kier alpha value is -0.530. The van der Waals surface area contributed by atoms with Gasteiger partial charge in [0.05, 0.1) is 5.69 Å². The number of urea groups is 1. The van der Waals surface area contributed by atoms with Crippen LogP contribution in [-0.4, -0.2) is 47.5 Å². The quantitative estimate of drug-likeness (QED) is 0.698. The van der Waals surface area contributed by atoms with Crippen LogP contribution in [0, 0.1) is 3.57 Å². The van der Waals surface area contributed by atoms with Crippen LogP contribution < -0.4 is 5.32 Å². The predicted molar refractivity (Wildman–Crippen MR) is 96.1 cm³/mol. The van der Waals surface area contributed by atoms with Crippen molar-refractivity contribution in [3.8, 4) is 0 Å². The van der Waals surface area contributed by atoms with E-state index in [1.807, 2.05) is 17.0 Å². The Kier molecular flexibility index (Phi) is 5.38. The first kappa shape index (κ1) is 16.8. The third-order valence-corrected chi connectivity index (χ3v) is 4.82. The smallest absolute Gasteiger partial charge is 0.321 e. The van der Waals surface area contributed by atoms with Gasteiger partial charge in [0, 0.05) is 40.3 Å². The zero-order valence-corrected chi connectivity index (χ0v) is 15.5. The molecule has 1 aromatic rings. The SMILES string of the molecule is CC(C)(C)N1CCN(C(=O)Nc2ccc(Cl)cc2I)CC1. The van der Waals surface area contributed by atoms with Crippen LogP contribution >= 0.6 is 34.2 Å². The van der Waals surface area contributed by atoms with Crippen LogP contribution in [0.4, 0.5) is 10.5 Å². The molecule has 1 fully saturated rings. The molecule has 0 saturated carbocycles. The van der Waals surface area contributed by atoms with E-state index in [0.29, 0.717) is 5.02 Å². The number of nitrogens with zero attached hydrogens (tertiary/aromatic N) is 2. The van der Waals surface area contributed by atoms with Gasteiger partial charge in [0.15, 0.2) is 0 Å². The fourth-order valence-corrected chi connectivity index (χ4v) is 3.37. The van der Waals surface area contributed by atoms with Gasteiger partial charge in [-0.25, -0.2) is 4.79 Å². The average molecular weight is 422 g/mol. The highest BCUT2D eigenvalue weighted by Crippen LogP contribution is 2.23. The van der Waals surface area contributed by atoms with Crippen LogP contribution in [-0.2, 0) is 0 Å². The molecule has 6 heteroatoms. The van der Waals surface area contributed by atoms with E-state index in [0.717, 1.165) is 35.4 Å². The van der Waals surface area contributed by atoms with Crippen LogP contribution in [0.15, 0.2) is 18.2 Å². The third kappa shape index (κ3) is 4.47. The number of anilines is 1. The number of benzene rings is 1. The Balaban J connectivity index is 1.93. The molecule has 21 heavy (non-hydrogen) atoms. The number of rotatable bonds is 1. The van der Waals surface area contributed by atoms with Crippen molar-refractivity contribution in [2.45, 2.75) is 26.3 Å². The molecule has 116 valence electrons. The highest BCUT2D eigenvalue weighted by Gasteiger charge is 2.27. The molecule has 1 aromatic carbocycles. The second-order valence-corrected chi connectivity index (χ2v) is 7.80. The van der Waals surface area contributed by atoms with Crippen molar-refractivity contribution in [3.05, 3.63) is 26.8 Å². The molecule has 1 N–H and O–H groups in total. The molecule has 0 unspecified atom stereocenters. The fourth-order valence-electron chi connectivity index (χ4n) is 2.37. The number of hydrogen-bond acceptors (Lipinski definition) is 2. The molecule has 0 bridgehead atoms. The van der Waals surface area contributed by atoms with Crippen LogP contribution in [0.2, 0.25) is 5.02 Å². The molecule has 2 amide bonds. The zero-order chi connectivity index (χ0) is 15.6. The van der Waals surface area contributed by atoms with Crippen LogP contribution in [0.1, 0.15) is 20.8 Å². The first-order valence-electron chi connectivity index (χ1n) is 7.03. The Labute approximate surface area is 145 Å². The number of halogens is 2. The van der Waals surface area contributed by atoms with E-state index < -0.39 is 0 Å². The summed E-state index contributed by atoms with van der Waals surface area (Å²) in [7, 11) is 0. The minimum absolute atomic E-state index is 0.0382. The highest BCUT2D eigenvalue weighted by molar-refractivity contribution is 14.1. The highest BCUT2D eigenvalue weighted by atomic mass is 127. The van der Waals surface area contributed by atoms with Crippen molar-refractivity contribution in [2.24, 2.45) is 0 Å². The maximum Gasteiger partial charge on any atom is 0.321 e. The summed E-state index contributed by atoms with van der Waals surface area (Å²) < 4.78 is 0.946. The van der Waals surface area contributed by atoms with Crippen molar-refractivity contribution >= 4 is 45.9 Å². The molecular weight excluding hydrogens is 401 g/mol. The van der Waals surface area contributed by atoms with E-state index in [4.69, 9.17) is 11.6 Å². The molecule has 1 aliphatic heterocycles. The lowest BCUT2D eigenvalue weighted by Crippen LogP contribution is -2.55. The maximum atomic E-state index is 12.3. The van der Waals surface area contributed by atoms with E-state index in [-0.39, 0.29) is 11.6 Å². The summed E-state index contributed by atoms with van der Waals surface area (Å²) in [5.74, 6) is 0. The molecule has 4 nitrogen and oxygen atoms in total. The molecule has 1 aliphatic rings. The topological polar surface area (TPSA) is 35.6 Å². The molecule has 1 saturated heterocycles. The number of hydrogen-bond donors (Lipinski definition) is 1. The number of carbonyl (C=O) groups is 1. The van der Waals surface area contributed by atoms with Gasteiger partial charge < -0.3 is 10.2 Å². The Morgan fingerprint density at radius 1 is 1.24 bits per heavy atom. The lowest BCUT2D eigenvalue weighted by Gasteiger charge is -2.42. The first-order valence-corrected chi connectivity index (χ1v) is 8.49. The molecule has 0 spiro atoms. The summed E-state index contributed by atoms with van der Waals surface area (Å²) >= 11 is 8.11. The number of carbonyl (C=O) groups excluding carboxylic acids is 1. The van der Waals surface area contributed by atoms with E-state index >= 15 is 0 Å². The lowest BCUT2D eigenvalue weighted by molar-refractivity contribution is 0.0774. The predicted octanol–water partition coefficient (Wildman–Crippen LogP) is 3.89. The largest absolute Gasteiger partial charge is 0.322 e. The van der Waals surface area contributed by atoms with Gasteiger partial charge >= 0.3 is 6.03 Å². The average Bonchev–Trinajstić information content (AvgIpc) is 2.41. The van der Waals surface area contributed by atoms with Gasteiger partial charge in [-0.3, -0.25) is 4.90 Å². The number of amides is 2. The Morgan fingerprint density at radius 2 is 1.86 bits per heavy atom. The standard InChI is InChI=1S/C15H21ClIN3O/c1-15(2,3)20-8-6-19(7-9-20)14(21)18-13-5-4-11(16)10-12(13)17/h4-5,10H,6-9H2,1-3H3,(H,18,21). The third-order valence-electron chi connectivity index (χ3n) is 3.69. The van der Waals surface area contributed by atoms with Gasteiger partial charge in [-0.1, -0.05) is 11.6 Å². The second kappa shape index (κ2) is 6.71. The van der Waals surface area contributed by atoms with Gasteiger partial charge in [-0.15, -0.1) is 0 Å². The van der Waals surface area contributed by atoms with Crippen LogP contribution in [0.25, 0.3) is 0 Å².